The van der Waals surface area contributed by atoms with E-state index in [1.54, 1.807) is 11.3 Å². The number of carbonyl (C=O) groups is 2. The second kappa shape index (κ2) is 15.0. The lowest BCUT2D eigenvalue weighted by molar-refractivity contribution is -0.105. The molecule has 1 aliphatic rings. The number of halogens is 2. The highest BCUT2D eigenvalue weighted by atomic mass is 32.1. The highest BCUT2D eigenvalue weighted by Crippen LogP contribution is 2.29. The van der Waals surface area contributed by atoms with Crippen LogP contribution in [0.5, 0.6) is 0 Å². The Morgan fingerprint density at radius 1 is 1.27 bits per heavy atom. The molecule has 1 saturated heterocycles. The van der Waals surface area contributed by atoms with Crippen molar-refractivity contribution >= 4 is 23.5 Å². The van der Waals surface area contributed by atoms with Crippen LogP contribution in [-0.2, 0) is 11.2 Å². The average molecular weight is 484 g/mol. The number of allylic oxidation sites excluding steroid dienone is 3. The Kier molecular flexibility index (Phi) is 13.1. The molecule has 1 amide bonds. The van der Waals surface area contributed by atoms with Crippen LogP contribution in [0.25, 0.3) is 0 Å². The van der Waals surface area contributed by atoms with Gasteiger partial charge >= 0.3 is 0 Å². The van der Waals surface area contributed by atoms with Crippen LogP contribution in [0.15, 0.2) is 28.3 Å². The van der Waals surface area contributed by atoms with Crippen molar-refractivity contribution in [2.75, 3.05) is 33.2 Å². The van der Waals surface area contributed by atoms with Crippen molar-refractivity contribution < 1.29 is 18.4 Å². The smallest absolute Gasteiger partial charge is 0.252 e. The number of carbonyl (C=O) groups excluding carboxylic acids is 2. The van der Waals surface area contributed by atoms with Gasteiger partial charge in [0.15, 0.2) is 0 Å². The van der Waals surface area contributed by atoms with Crippen molar-refractivity contribution in [3.63, 3.8) is 0 Å². The van der Waals surface area contributed by atoms with E-state index in [0.717, 1.165) is 42.4 Å². The van der Waals surface area contributed by atoms with Crippen LogP contribution in [0.3, 0.4) is 0 Å². The molecule has 5 nitrogen and oxygen atoms in total. The highest BCUT2D eigenvalue weighted by Gasteiger charge is 2.23. The van der Waals surface area contributed by atoms with Crippen LogP contribution in [0.2, 0.25) is 0 Å². The van der Waals surface area contributed by atoms with Gasteiger partial charge in [-0.15, -0.1) is 11.3 Å². The van der Waals surface area contributed by atoms with Crippen LogP contribution >= 0.6 is 11.3 Å². The van der Waals surface area contributed by atoms with E-state index >= 15 is 0 Å². The molecule has 33 heavy (non-hydrogen) atoms. The molecule has 0 radical (unpaired) electrons. The summed E-state index contributed by atoms with van der Waals surface area (Å²) in [4.78, 5) is 27.1. The zero-order valence-electron chi connectivity index (χ0n) is 20.8. The zero-order chi connectivity index (χ0) is 25.0. The predicted molar refractivity (Wildman–Crippen MR) is 133 cm³/mol. The van der Waals surface area contributed by atoms with Gasteiger partial charge in [-0.05, 0) is 76.3 Å². The fraction of sp³-hybridized carbons (Fsp3) is 0.600. The summed E-state index contributed by atoms with van der Waals surface area (Å²) in [5.41, 5.74) is 3.88. The van der Waals surface area contributed by atoms with Gasteiger partial charge in [0.2, 0.25) is 0 Å². The minimum Gasteiger partial charge on any atom is -0.392 e. The summed E-state index contributed by atoms with van der Waals surface area (Å²) >= 11 is 1.57. The third kappa shape index (κ3) is 9.37. The van der Waals surface area contributed by atoms with Gasteiger partial charge in [0.1, 0.15) is 6.29 Å². The molecule has 0 unspecified atom stereocenters. The maximum atomic E-state index is 12.7. The Bertz CT molecular complexity index is 826. The van der Waals surface area contributed by atoms with Gasteiger partial charge in [-0.25, -0.2) is 8.78 Å². The number of amides is 1. The summed E-state index contributed by atoms with van der Waals surface area (Å²) in [5.74, 6) is 0.268. The molecule has 0 bridgehead atoms. The number of nitrogens with one attached hydrogen (secondary N) is 2. The standard InChI is InChI=1S/C23H33F2N3O2S.C2H6/c1-15(9-16(2)26-4)19(13-29)11-27-23(30)20-14-31-21(17(20)3)10-18-5-7-28(8-6-18)12-22(24)25;1-2/h9,13-14,18,22,26H,5-8,10-12H2,1-4H3,(H,27,30);1-2H3/b16-9-,19-15-;. The summed E-state index contributed by atoms with van der Waals surface area (Å²) < 4.78 is 25.1. The topological polar surface area (TPSA) is 61.4 Å². The van der Waals surface area contributed by atoms with Crippen LogP contribution in [0.4, 0.5) is 8.78 Å². The maximum absolute atomic E-state index is 12.7. The van der Waals surface area contributed by atoms with Crippen LogP contribution in [0, 0.1) is 12.8 Å². The Morgan fingerprint density at radius 3 is 2.45 bits per heavy atom. The van der Waals surface area contributed by atoms with Gasteiger partial charge in [-0.2, -0.15) is 0 Å². The van der Waals surface area contributed by atoms with Crippen LogP contribution in [-0.4, -0.2) is 56.7 Å². The fourth-order valence-electron chi connectivity index (χ4n) is 3.75. The lowest BCUT2D eigenvalue weighted by Gasteiger charge is -2.31. The molecule has 1 fully saturated rings. The summed E-state index contributed by atoms with van der Waals surface area (Å²) in [7, 11) is 1.81. The van der Waals surface area contributed by atoms with Gasteiger partial charge in [0.05, 0.1) is 12.1 Å². The molecule has 2 rings (SSSR count). The van der Waals surface area contributed by atoms with Crippen molar-refractivity contribution in [3.8, 4) is 0 Å². The third-order valence-electron chi connectivity index (χ3n) is 5.88. The fourth-order valence-corrected chi connectivity index (χ4v) is 4.91. The Morgan fingerprint density at radius 2 is 1.91 bits per heavy atom. The van der Waals surface area contributed by atoms with E-state index in [-0.39, 0.29) is 19.0 Å². The third-order valence-corrected chi connectivity index (χ3v) is 6.99. The first-order valence-corrected chi connectivity index (χ1v) is 12.5. The molecule has 8 heteroatoms. The van der Waals surface area contributed by atoms with E-state index in [4.69, 9.17) is 0 Å². The first kappa shape index (κ1) is 29.0. The largest absolute Gasteiger partial charge is 0.392 e. The van der Waals surface area contributed by atoms with Gasteiger partial charge in [-0.1, -0.05) is 13.8 Å². The summed E-state index contributed by atoms with van der Waals surface area (Å²) in [6.45, 7) is 11.1. The van der Waals surface area contributed by atoms with E-state index in [1.807, 2.05) is 58.0 Å². The summed E-state index contributed by atoms with van der Waals surface area (Å²) in [6, 6.07) is 0. The van der Waals surface area contributed by atoms with E-state index < -0.39 is 6.43 Å². The number of rotatable bonds is 10. The number of thiophene rings is 1. The van der Waals surface area contributed by atoms with E-state index in [9.17, 15) is 18.4 Å². The lowest BCUT2D eigenvalue weighted by Crippen LogP contribution is -2.37. The summed E-state index contributed by atoms with van der Waals surface area (Å²) in [6.07, 6.45) is 3.05. The lowest BCUT2D eigenvalue weighted by atomic mass is 9.91. The number of alkyl halides is 2. The Balaban J connectivity index is 0.00000265. The van der Waals surface area contributed by atoms with E-state index in [1.165, 1.54) is 4.88 Å². The van der Waals surface area contributed by atoms with E-state index in [0.29, 0.717) is 30.1 Å². The molecule has 0 atom stereocenters. The second-order valence-electron chi connectivity index (χ2n) is 8.12. The molecule has 1 aromatic rings. The minimum atomic E-state index is -2.28. The molecule has 1 aromatic heterocycles. The molecule has 0 aliphatic carbocycles. The predicted octanol–water partition coefficient (Wildman–Crippen LogP) is 4.97. The molecule has 0 saturated carbocycles. The van der Waals surface area contributed by atoms with Gasteiger partial charge in [0, 0.05) is 35.1 Å². The van der Waals surface area contributed by atoms with E-state index in [2.05, 4.69) is 10.6 Å². The molecule has 2 heterocycles. The number of nitrogens with zero attached hydrogens (tertiary/aromatic N) is 1. The molecule has 0 aromatic carbocycles. The second-order valence-corrected chi connectivity index (χ2v) is 9.09. The van der Waals surface area contributed by atoms with Crippen molar-refractivity contribution in [3.05, 3.63) is 44.3 Å². The SMILES string of the molecule is CC.CN/C(C)=C\C(C)=C(/C=O)CNC(=O)c1csc(CC2CCN(CC(F)F)CC2)c1C. The number of likely N-dealkylation sites (tertiary alicyclic amines) is 1. The Labute approximate surface area is 201 Å². The van der Waals surface area contributed by atoms with Crippen LogP contribution in [0.1, 0.15) is 61.3 Å². The minimum absolute atomic E-state index is 0.143. The van der Waals surface area contributed by atoms with Crippen LogP contribution < -0.4 is 10.6 Å². The molecular formula is C25H39F2N3O2S. The molecule has 0 spiro atoms. The maximum Gasteiger partial charge on any atom is 0.252 e. The molecule has 2 N–H and O–H groups in total. The molecule has 186 valence electrons. The highest BCUT2D eigenvalue weighted by molar-refractivity contribution is 7.10. The number of hydrogen-bond acceptors (Lipinski definition) is 5. The normalized spacial score (nSPS) is 16.1. The first-order valence-electron chi connectivity index (χ1n) is 11.6. The summed E-state index contributed by atoms with van der Waals surface area (Å²) in [5, 5.41) is 7.73. The quantitative estimate of drug-likeness (QED) is 0.280. The average Bonchev–Trinajstić information content (AvgIpc) is 3.16. The van der Waals surface area contributed by atoms with Crippen molar-refractivity contribution in [2.45, 2.75) is 60.3 Å². The number of hydrogen-bond donors (Lipinski definition) is 2. The van der Waals surface area contributed by atoms with Gasteiger partial charge in [0.25, 0.3) is 12.3 Å². The Hall–Kier alpha value is -2.06. The monoisotopic (exact) mass is 483 g/mol. The van der Waals surface area contributed by atoms with Gasteiger partial charge < -0.3 is 10.6 Å². The van der Waals surface area contributed by atoms with Crippen molar-refractivity contribution in [1.29, 1.82) is 0 Å². The van der Waals surface area contributed by atoms with Crippen molar-refractivity contribution in [2.24, 2.45) is 5.92 Å². The zero-order valence-corrected chi connectivity index (χ0v) is 21.6. The van der Waals surface area contributed by atoms with Gasteiger partial charge in [-0.3, -0.25) is 14.5 Å². The number of aldehydes is 1. The first-order chi connectivity index (χ1) is 15.7. The molecule has 1 aliphatic heterocycles. The number of piperidine rings is 1. The molecular weight excluding hydrogens is 444 g/mol. The van der Waals surface area contributed by atoms with Crippen molar-refractivity contribution in [1.82, 2.24) is 15.5 Å².